The van der Waals surface area contributed by atoms with Gasteiger partial charge in [0.2, 0.25) is 5.82 Å². The first-order valence-corrected chi connectivity index (χ1v) is 17.3. The molecule has 0 amide bonds. The zero-order valence-corrected chi connectivity index (χ0v) is 28.1. The lowest BCUT2D eigenvalue weighted by Crippen LogP contribution is -2.39. The van der Waals surface area contributed by atoms with Gasteiger partial charge in [0, 0.05) is 27.3 Å². The summed E-state index contributed by atoms with van der Waals surface area (Å²) in [7, 11) is 0. The van der Waals surface area contributed by atoms with Crippen molar-refractivity contribution in [2.24, 2.45) is 0 Å². The Morgan fingerprint density at radius 3 is 1.92 bits per heavy atom. The first-order valence-electron chi connectivity index (χ1n) is 16.1. The molecule has 0 saturated heterocycles. The van der Waals surface area contributed by atoms with E-state index in [1.54, 1.807) is 16.1 Å². The number of aliphatic hydroxyl groups is 1. The standard InChI is InChI=1S/C39H35ClN6OS/c1-2-3-23-36-41-37(40)34(27-47)45(36)26-31-24-25-35(48-31)32-21-13-14-22-33(32)38-42-44-46(43-38)39(28-15-7-4-8-16-28,29-17-9-5-10-18-29)30-19-11-6-12-20-30/h4-22,24-25,47H,2-3,23,26-27H2,1H3. The van der Waals surface area contributed by atoms with E-state index in [2.05, 4.69) is 71.1 Å². The Labute approximate surface area is 289 Å². The quantitative estimate of drug-likeness (QED) is 0.132. The maximum Gasteiger partial charge on any atom is 0.205 e. The summed E-state index contributed by atoms with van der Waals surface area (Å²) < 4.78 is 2.06. The SMILES string of the molecule is CCCCc1nc(Cl)c(CO)n1Cc1ccc(-c2ccccc2-c2nnn(C(c3ccccc3)(c3ccccc3)c3ccccc3)n2)s1. The van der Waals surface area contributed by atoms with Crippen LogP contribution in [-0.2, 0) is 25.1 Å². The van der Waals surface area contributed by atoms with Crippen LogP contribution in [0.5, 0.6) is 0 Å². The Hall–Kier alpha value is -4.89. The molecule has 4 aromatic carbocycles. The zero-order chi connectivity index (χ0) is 32.9. The number of aromatic nitrogens is 6. The third kappa shape index (κ3) is 5.87. The molecule has 240 valence electrons. The van der Waals surface area contributed by atoms with Crippen LogP contribution in [0.4, 0.5) is 0 Å². The minimum atomic E-state index is -0.855. The number of rotatable bonds is 12. The Morgan fingerprint density at radius 2 is 1.33 bits per heavy atom. The van der Waals surface area contributed by atoms with Gasteiger partial charge in [-0.05, 0) is 40.5 Å². The second kappa shape index (κ2) is 14.1. The van der Waals surface area contributed by atoms with E-state index in [0.29, 0.717) is 23.2 Å². The molecule has 0 aliphatic carbocycles. The van der Waals surface area contributed by atoms with Gasteiger partial charge in [-0.1, -0.05) is 140 Å². The number of hydrogen-bond donors (Lipinski definition) is 1. The fourth-order valence-corrected chi connectivity index (χ4v) is 7.67. The molecule has 7 rings (SSSR count). The molecule has 3 heterocycles. The lowest BCUT2D eigenvalue weighted by Gasteiger charge is -2.34. The molecule has 0 aliphatic rings. The smallest absolute Gasteiger partial charge is 0.205 e. The monoisotopic (exact) mass is 670 g/mol. The minimum Gasteiger partial charge on any atom is -0.390 e. The van der Waals surface area contributed by atoms with Crippen LogP contribution >= 0.6 is 22.9 Å². The molecule has 1 N–H and O–H groups in total. The number of aryl methyl sites for hydroxylation is 1. The van der Waals surface area contributed by atoms with Crippen LogP contribution < -0.4 is 0 Å². The molecule has 0 radical (unpaired) electrons. The molecule has 48 heavy (non-hydrogen) atoms. The third-order valence-electron chi connectivity index (χ3n) is 8.70. The van der Waals surface area contributed by atoms with Crippen LogP contribution in [-0.4, -0.2) is 34.9 Å². The summed E-state index contributed by atoms with van der Waals surface area (Å²) >= 11 is 8.12. The molecule has 0 unspecified atom stereocenters. The number of imidazole rings is 1. The summed E-state index contributed by atoms with van der Waals surface area (Å²) in [5.41, 5.74) is 4.80. The summed E-state index contributed by atoms with van der Waals surface area (Å²) in [6.07, 6.45) is 2.88. The summed E-state index contributed by atoms with van der Waals surface area (Å²) in [6, 6.07) is 43.5. The normalized spacial score (nSPS) is 11.6. The summed E-state index contributed by atoms with van der Waals surface area (Å²) in [6.45, 7) is 2.59. The van der Waals surface area contributed by atoms with Crippen LogP contribution in [0.1, 0.15) is 52.9 Å². The van der Waals surface area contributed by atoms with Crippen LogP contribution in [0, 0.1) is 0 Å². The van der Waals surface area contributed by atoms with Crippen LogP contribution in [0.3, 0.4) is 0 Å². The topological polar surface area (TPSA) is 81.7 Å². The maximum atomic E-state index is 10.1. The highest BCUT2D eigenvalue weighted by molar-refractivity contribution is 7.15. The molecular weight excluding hydrogens is 636 g/mol. The lowest BCUT2D eigenvalue weighted by atomic mass is 9.77. The number of thiophene rings is 1. The molecule has 7 aromatic rings. The highest BCUT2D eigenvalue weighted by Crippen LogP contribution is 2.41. The van der Waals surface area contributed by atoms with Crippen molar-refractivity contribution >= 4 is 22.9 Å². The number of unbranched alkanes of at least 4 members (excludes halogenated alkanes) is 1. The van der Waals surface area contributed by atoms with Crippen molar-refractivity contribution in [1.29, 1.82) is 0 Å². The molecule has 3 aromatic heterocycles. The molecule has 7 nitrogen and oxygen atoms in total. The number of aliphatic hydroxyl groups excluding tert-OH is 1. The fourth-order valence-electron chi connectivity index (χ4n) is 6.37. The highest BCUT2D eigenvalue weighted by atomic mass is 35.5. The van der Waals surface area contributed by atoms with Crippen molar-refractivity contribution in [3.63, 3.8) is 0 Å². The van der Waals surface area contributed by atoms with Gasteiger partial charge in [0.1, 0.15) is 5.82 Å². The van der Waals surface area contributed by atoms with Crippen molar-refractivity contribution in [3.8, 4) is 21.8 Å². The van der Waals surface area contributed by atoms with Crippen LogP contribution in [0.25, 0.3) is 21.8 Å². The largest absolute Gasteiger partial charge is 0.390 e. The molecule has 0 atom stereocenters. The van der Waals surface area contributed by atoms with Crippen LogP contribution in [0.2, 0.25) is 5.15 Å². The summed E-state index contributed by atoms with van der Waals surface area (Å²) in [4.78, 5) is 8.55. The van der Waals surface area contributed by atoms with Gasteiger partial charge in [-0.25, -0.2) is 4.98 Å². The van der Waals surface area contributed by atoms with E-state index in [-0.39, 0.29) is 6.61 Å². The number of halogens is 1. The van der Waals surface area contributed by atoms with Gasteiger partial charge in [0.15, 0.2) is 10.7 Å². The number of nitrogens with zero attached hydrogens (tertiary/aromatic N) is 6. The maximum absolute atomic E-state index is 10.1. The number of tetrazole rings is 1. The Kier molecular flexibility index (Phi) is 9.29. The van der Waals surface area contributed by atoms with Gasteiger partial charge in [0.25, 0.3) is 0 Å². The third-order valence-corrected chi connectivity index (χ3v) is 10.1. The lowest BCUT2D eigenvalue weighted by molar-refractivity contribution is 0.271. The molecule has 0 bridgehead atoms. The first kappa shape index (κ1) is 31.7. The fraction of sp³-hybridized carbons (Fsp3) is 0.179. The summed E-state index contributed by atoms with van der Waals surface area (Å²) in [5, 5.41) is 25.1. The van der Waals surface area contributed by atoms with Gasteiger partial charge in [-0.3, -0.25) is 0 Å². The van der Waals surface area contributed by atoms with Gasteiger partial charge < -0.3 is 9.67 Å². The zero-order valence-electron chi connectivity index (χ0n) is 26.6. The van der Waals surface area contributed by atoms with E-state index in [9.17, 15) is 5.11 Å². The van der Waals surface area contributed by atoms with E-state index in [4.69, 9.17) is 27.0 Å². The van der Waals surface area contributed by atoms with Crippen molar-refractivity contribution in [2.45, 2.75) is 44.9 Å². The van der Waals surface area contributed by atoms with Crippen molar-refractivity contribution in [1.82, 2.24) is 29.8 Å². The van der Waals surface area contributed by atoms with Gasteiger partial charge >= 0.3 is 0 Å². The Bertz CT molecular complexity index is 2010. The van der Waals surface area contributed by atoms with Crippen LogP contribution in [0.15, 0.2) is 127 Å². The highest BCUT2D eigenvalue weighted by Gasteiger charge is 2.41. The van der Waals surface area contributed by atoms with Crippen molar-refractivity contribution in [3.05, 3.63) is 166 Å². The van der Waals surface area contributed by atoms with Crippen molar-refractivity contribution in [2.75, 3.05) is 0 Å². The molecule has 0 aliphatic heterocycles. The second-order valence-electron chi connectivity index (χ2n) is 11.6. The molecule has 0 saturated carbocycles. The van der Waals surface area contributed by atoms with E-state index in [1.165, 1.54) is 0 Å². The molecular formula is C39H35ClN6OS. The van der Waals surface area contributed by atoms with Gasteiger partial charge in [0.05, 0.1) is 18.8 Å². The number of hydrogen-bond acceptors (Lipinski definition) is 6. The molecule has 0 fully saturated rings. The average molecular weight is 671 g/mol. The van der Waals surface area contributed by atoms with Gasteiger partial charge in [-0.15, -0.1) is 26.3 Å². The Balaban J connectivity index is 1.30. The van der Waals surface area contributed by atoms with E-state index in [0.717, 1.165) is 62.7 Å². The first-order chi connectivity index (χ1) is 23.6. The van der Waals surface area contributed by atoms with Crippen molar-refractivity contribution < 1.29 is 5.11 Å². The summed E-state index contributed by atoms with van der Waals surface area (Å²) in [5.74, 6) is 1.44. The predicted octanol–water partition coefficient (Wildman–Crippen LogP) is 8.64. The predicted molar refractivity (Wildman–Crippen MR) is 192 cm³/mol. The van der Waals surface area contributed by atoms with E-state index < -0.39 is 5.54 Å². The second-order valence-corrected chi connectivity index (χ2v) is 13.2. The molecule has 9 heteroatoms. The van der Waals surface area contributed by atoms with E-state index >= 15 is 0 Å². The van der Waals surface area contributed by atoms with E-state index in [1.807, 2.05) is 72.8 Å². The van der Waals surface area contributed by atoms with Gasteiger partial charge in [-0.2, -0.15) is 0 Å². The number of benzene rings is 4. The average Bonchev–Trinajstić information content (AvgIpc) is 3.89. The Morgan fingerprint density at radius 1 is 0.750 bits per heavy atom. The minimum absolute atomic E-state index is 0.156. The molecule has 0 spiro atoms.